The van der Waals surface area contributed by atoms with E-state index in [9.17, 15) is 4.79 Å². The van der Waals surface area contributed by atoms with E-state index in [2.05, 4.69) is 29.8 Å². The molecule has 0 unspecified atom stereocenters. The second-order valence-corrected chi connectivity index (χ2v) is 5.98. The molecule has 0 radical (unpaired) electrons. The number of aryl methyl sites for hydroxylation is 1. The Morgan fingerprint density at radius 1 is 1.28 bits per heavy atom. The van der Waals surface area contributed by atoms with Crippen LogP contribution >= 0.6 is 15.9 Å². The minimum atomic E-state index is 0.169. The predicted octanol–water partition coefficient (Wildman–Crippen LogP) is 3.54. The minimum Gasteiger partial charge on any atom is -0.312 e. The van der Waals surface area contributed by atoms with E-state index < -0.39 is 0 Å². The van der Waals surface area contributed by atoms with Crippen LogP contribution in [0.2, 0.25) is 0 Å². The highest BCUT2D eigenvalue weighted by Crippen LogP contribution is 2.32. The van der Waals surface area contributed by atoms with Crippen molar-refractivity contribution < 1.29 is 0 Å². The topological polar surface area (TPSA) is 22.0 Å². The molecule has 0 aromatic carbocycles. The number of halogens is 1. The lowest BCUT2D eigenvalue weighted by Crippen LogP contribution is -2.34. The van der Waals surface area contributed by atoms with Gasteiger partial charge in [-0.2, -0.15) is 0 Å². The van der Waals surface area contributed by atoms with Crippen molar-refractivity contribution in [3.63, 3.8) is 0 Å². The van der Waals surface area contributed by atoms with E-state index in [4.69, 9.17) is 0 Å². The smallest absolute Gasteiger partial charge is 0.250 e. The predicted molar refractivity (Wildman–Crippen MR) is 79.5 cm³/mol. The number of nitrogens with zero attached hydrogens (tertiary/aromatic N) is 1. The maximum atomic E-state index is 12.2. The lowest BCUT2D eigenvalue weighted by molar-refractivity contribution is 0.253. The van der Waals surface area contributed by atoms with Gasteiger partial charge in [-0.15, -0.1) is 0 Å². The van der Waals surface area contributed by atoms with Gasteiger partial charge in [-0.05, 0) is 43.1 Å². The molecule has 0 saturated heterocycles. The largest absolute Gasteiger partial charge is 0.312 e. The molecule has 0 atom stereocenters. The summed E-state index contributed by atoms with van der Waals surface area (Å²) in [5.74, 6) is 0. The summed E-state index contributed by atoms with van der Waals surface area (Å²) in [7, 11) is 0. The molecule has 1 aromatic heterocycles. The van der Waals surface area contributed by atoms with Crippen LogP contribution in [0, 0.1) is 5.41 Å². The highest BCUT2D eigenvalue weighted by molar-refractivity contribution is 9.09. The fourth-order valence-electron chi connectivity index (χ4n) is 2.85. The van der Waals surface area contributed by atoms with E-state index in [1.54, 1.807) is 6.07 Å². The highest BCUT2D eigenvalue weighted by atomic mass is 79.9. The van der Waals surface area contributed by atoms with E-state index in [-0.39, 0.29) is 11.0 Å². The van der Waals surface area contributed by atoms with Crippen LogP contribution in [-0.2, 0) is 19.4 Å². The Bertz CT molecular complexity index is 466. The van der Waals surface area contributed by atoms with Gasteiger partial charge in [0, 0.05) is 23.6 Å². The van der Waals surface area contributed by atoms with Crippen LogP contribution < -0.4 is 5.56 Å². The first-order valence-corrected chi connectivity index (χ1v) is 8.05. The Kier molecular flexibility index (Phi) is 4.31. The zero-order valence-corrected chi connectivity index (χ0v) is 12.9. The zero-order chi connectivity index (χ0) is 13.2. The summed E-state index contributed by atoms with van der Waals surface area (Å²) in [4.78, 5) is 12.2. The molecule has 0 bridgehead atoms. The van der Waals surface area contributed by atoms with Crippen molar-refractivity contribution in [2.45, 2.75) is 52.5 Å². The standard InChI is InChI=1S/C15H22BrNO/c1-3-15(4-2,10-16)11-17-13-7-5-6-12(13)8-9-14(17)18/h8-9H,3-7,10-11H2,1-2H3. The lowest BCUT2D eigenvalue weighted by atomic mass is 9.84. The van der Waals surface area contributed by atoms with Crippen LogP contribution in [0.25, 0.3) is 0 Å². The van der Waals surface area contributed by atoms with Gasteiger partial charge in [0.1, 0.15) is 0 Å². The molecular formula is C15H22BrNO. The zero-order valence-electron chi connectivity index (χ0n) is 11.3. The van der Waals surface area contributed by atoms with Crippen molar-refractivity contribution in [3.8, 4) is 0 Å². The summed E-state index contributed by atoms with van der Waals surface area (Å²) in [6.45, 7) is 5.30. The van der Waals surface area contributed by atoms with Crippen molar-refractivity contribution in [1.29, 1.82) is 0 Å². The van der Waals surface area contributed by atoms with Crippen LogP contribution in [0.3, 0.4) is 0 Å². The summed E-state index contributed by atoms with van der Waals surface area (Å²) < 4.78 is 2.04. The number of aromatic nitrogens is 1. The maximum absolute atomic E-state index is 12.2. The molecule has 1 aliphatic carbocycles. The minimum absolute atomic E-state index is 0.169. The summed E-state index contributed by atoms with van der Waals surface area (Å²) in [6, 6.07) is 3.77. The van der Waals surface area contributed by atoms with Gasteiger partial charge in [-0.25, -0.2) is 0 Å². The van der Waals surface area contributed by atoms with Crippen LogP contribution in [0.4, 0.5) is 0 Å². The fourth-order valence-corrected chi connectivity index (χ4v) is 3.82. The second kappa shape index (κ2) is 5.60. The van der Waals surface area contributed by atoms with E-state index in [0.29, 0.717) is 0 Å². The molecule has 100 valence electrons. The van der Waals surface area contributed by atoms with Gasteiger partial charge in [0.2, 0.25) is 0 Å². The Morgan fingerprint density at radius 3 is 2.61 bits per heavy atom. The molecule has 0 N–H and O–H groups in total. The van der Waals surface area contributed by atoms with Gasteiger partial charge >= 0.3 is 0 Å². The molecule has 2 nitrogen and oxygen atoms in total. The Labute approximate surface area is 118 Å². The summed E-state index contributed by atoms with van der Waals surface area (Å²) in [5, 5.41) is 0.961. The summed E-state index contributed by atoms with van der Waals surface area (Å²) in [6.07, 6.45) is 5.60. The van der Waals surface area contributed by atoms with E-state index >= 15 is 0 Å². The van der Waals surface area contributed by atoms with Gasteiger partial charge < -0.3 is 4.57 Å². The number of alkyl halides is 1. The third kappa shape index (κ3) is 2.42. The molecule has 2 rings (SSSR count). The van der Waals surface area contributed by atoms with Crippen LogP contribution in [-0.4, -0.2) is 9.90 Å². The number of pyridine rings is 1. The van der Waals surface area contributed by atoms with Crippen LogP contribution in [0.5, 0.6) is 0 Å². The molecule has 0 spiro atoms. The molecule has 0 fully saturated rings. The number of rotatable bonds is 5. The number of hydrogen-bond donors (Lipinski definition) is 0. The van der Waals surface area contributed by atoms with Crippen molar-refractivity contribution in [2.75, 3.05) is 5.33 Å². The van der Waals surface area contributed by atoms with E-state index in [0.717, 1.165) is 37.6 Å². The van der Waals surface area contributed by atoms with Gasteiger partial charge in [0.25, 0.3) is 5.56 Å². The van der Waals surface area contributed by atoms with Crippen LogP contribution in [0.1, 0.15) is 44.4 Å². The average molecular weight is 312 g/mol. The quantitative estimate of drug-likeness (QED) is 0.762. The van der Waals surface area contributed by atoms with Crippen molar-refractivity contribution in [2.24, 2.45) is 5.41 Å². The highest BCUT2D eigenvalue weighted by Gasteiger charge is 2.28. The van der Waals surface area contributed by atoms with Gasteiger partial charge in [0.15, 0.2) is 0 Å². The summed E-state index contributed by atoms with van der Waals surface area (Å²) in [5.41, 5.74) is 3.05. The first-order chi connectivity index (χ1) is 8.65. The Morgan fingerprint density at radius 2 is 2.00 bits per heavy atom. The average Bonchev–Trinajstić information content (AvgIpc) is 2.87. The molecule has 18 heavy (non-hydrogen) atoms. The van der Waals surface area contributed by atoms with Crippen molar-refractivity contribution in [3.05, 3.63) is 33.7 Å². The Hall–Kier alpha value is -0.570. The molecule has 1 aliphatic rings. The molecule has 0 aliphatic heterocycles. The first-order valence-electron chi connectivity index (χ1n) is 6.93. The molecular weight excluding hydrogens is 290 g/mol. The number of hydrogen-bond acceptors (Lipinski definition) is 1. The second-order valence-electron chi connectivity index (χ2n) is 5.42. The molecule has 1 heterocycles. The van der Waals surface area contributed by atoms with E-state index in [1.807, 2.05) is 10.6 Å². The third-order valence-electron chi connectivity index (χ3n) is 4.53. The molecule has 0 amide bonds. The summed E-state index contributed by atoms with van der Waals surface area (Å²) >= 11 is 3.64. The monoisotopic (exact) mass is 311 g/mol. The van der Waals surface area contributed by atoms with Crippen LogP contribution in [0.15, 0.2) is 16.9 Å². The van der Waals surface area contributed by atoms with E-state index in [1.165, 1.54) is 17.7 Å². The van der Waals surface area contributed by atoms with Crippen molar-refractivity contribution in [1.82, 2.24) is 4.57 Å². The van der Waals surface area contributed by atoms with Gasteiger partial charge in [0.05, 0.1) is 0 Å². The molecule has 0 saturated carbocycles. The Balaban J connectivity index is 2.40. The first kappa shape index (κ1) is 13.9. The third-order valence-corrected chi connectivity index (χ3v) is 5.72. The van der Waals surface area contributed by atoms with Gasteiger partial charge in [-0.3, -0.25) is 4.79 Å². The normalized spacial score (nSPS) is 14.8. The molecule has 3 heteroatoms. The fraction of sp³-hybridized carbons (Fsp3) is 0.667. The number of fused-ring (bicyclic) bond motifs is 1. The SMILES string of the molecule is CCC(CC)(CBr)Cn1c2c(ccc1=O)CCC2. The van der Waals surface area contributed by atoms with Gasteiger partial charge in [-0.1, -0.05) is 35.8 Å². The molecule has 1 aromatic rings. The lowest BCUT2D eigenvalue weighted by Gasteiger charge is -2.31. The van der Waals surface area contributed by atoms with Crippen molar-refractivity contribution >= 4 is 15.9 Å². The maximum Gasteiger partial charge on any atom is 0.250 e.